The molecule has 0 saturated carbocycles. The van der Waals surface area contributed by atoms with E-state index in [0.29, 0.717) is 30.0 Å². The normalized spacial score (nSPS) is 21.6. The minimum Gasteiger partial charge on any atom is -0.481 e. The van der Waals surface area contributed by atoms with Crippen LogP contribution in [0.25, 0.3) is 0 Å². The first-order valence-corrected chi connectivity index (χ1v) is 22.9. The number of halogens is 10. The molecule has 0 aromatic rings. The minimum atomic E-state index is -0.675. The molecule has 0 spiro atoms. The van der Waals surface area contributed by atoms with Crippen molar-refractivity contribution in [2.24, 2.45) is 0 Å². The summed E-state index contributed by atoms with van der Waals surface area (Å²) >= 11 is 26.6. The summed E-state index contributed by atoms with van der Waals surface area (Å²) < 4.78 is 6.95. The maximum atomic E-state index is 10.8. The molecule has 192 valence electrons. The van der Waals surface area contributed by atoms with Crippen LogP contribution in [0.1, 0.15) is 58.3 Å². The molecule has 0 radical (unpaired) electrons. The fourth-order valence-electron chi connectivity index (χ4n) is 2.93. The highest BCUT2D eigenvalue weighted by atomic mass is 127. The molecule has 0 amide bonds. The van der Waals surface area contributed by atoms with Crippen molar-refractivity contribution >= 4 is 232 Å². The lowest BCUT2D eigenvalue weighted by atomic mass is 10.0. The zero-order valence-corrected chi connectivity index (χ0v) is 39.1. The molecular formula is C20H30I10O2. The van der Waals surface area contributed by atoms with Crippen LogP contribution >= 0.6 is 226 Å². The van der Waals surface area contributed by atoms with Gasteiger partial charge in [0.15, 0.2) is 0 Å². The summed E-state index contributed by atoms with van der Waals surface area (Å²) in [6.45, 7) is 2.30. The van der Waals surface area contributed by atoms with Gasteiger partial charge in [-0.15, -0.1) is 0 Å². The minimum absolute atomic E-state index is 0.296. The average molecular weight is 1570 g/mol. The van der Waals surface area contributed by atoms with Crippen molar-refractivity contribution in [1.29, 1.82) is 0 Å². The molecule has 0 heterocycles. The van der Waals surface area contributed by atoms with Crippen LogP contribution in [0.5, 0.6) is 0 Å². The number of carboxylic acids is 1. The van der Waals surface area contributed by atoms with Crippen LogP contribution in [0.2, 0.25) is 0 Å². The molecule has 0 bridgehead atoms. The first kappa shape index (κ1) is 38.8. The molecule has 10 atom stereocenters. The standard InChI is InChI=1S/C20H30I10O2/c1-2-10(21)12(23)6-14(25)16(27)8-18(29)19(30)9-17(28)15(26)7-13(24)11(22)4-3-5-20(31)32/h10-19H,2-9H2,1H3,(H,31,32). The van der Waals surface area contributed by atoms with Crippen LogP contribution in [-0.4, -0.2) is 50.3 Å². The summed E-state index contributed by atoms with van der Waals surface area (Å²) in [5.74, 6) is -0.675. The van der Waals surface area contributed by atoms with E-state index >= 15 is 0 Å². The molecule has 0 aliphatic rings. The fraction of sp³-hybridized carbons (Fsp3) is 0.950. The average Bonchev–Trinajstić information content (AvgIpc) is 2.71. The molecule has 0 aromatic heterocycles. The van der Waals surface area contributed by atoms with Crippen molar-refractivity contribution in [3.63, 3.8) is 0 Å². The zero-order valence-electron chi connectivity index (χ0n) is 17.6. The number of hydrogen-bond donors (Lipinski definition) is 1. The van der Waals surface area contributed by atoms with Gasteiger partial charge >= 0.3 is 5.97 Å². The van der Waals surface area contributed by atoms with Crippen molar-refractivity contribution in [2.45, 2.75) is 97.5 Å². The molecular weight excluding hydrogens is 1540 g/mol. The summed E-state index contributed by atoms with van der Waals surface area (Å²) in [5, 5.41) is 8.86. The van der Waals surface area contributed by atoms with E-state index in [1.54, 1.807) is 0 Å². The molecule has 0 saturated heterocycles. The molecule has 0 aliphatic heterocycles. The topological polar surface area (TPSA) is 37.3 Å². The predicted octanol–water partition coefficient (Wildman–Crippen LogP) is 11.2. The van der Waals surface area contributed by atoms with Gasteiger partial charge in [-0.25, -0.2) is 0 Å². The highest BCUT2D eigenvalue weighted by Gasteiger charge is 2.30. The van der Waals surface area contributed by atoms with Crippen molar-refractivity contribution < 1.29 is 9.90 Å². The third-order valence-corrected chi connectivity index (χ3v) is 26.2. The van der Waals surface area contributed by atoms with Gasteiger partial charge in [-0.2, -0.15) is 0 Å². The smallest absolute Gasteiger partial charge is 0.303 e. The van der Waals surface area contributed by atoms with E-state index in [2.05, 4.69) is 233 Å². The highest BCUT2D eigenvalue weighted by Crippen LogP contribution is 2.37. The second kappa shape index (κ2) is 22.4. The lowest BCUT2D eigenvalue weighted by Gasteiger charge is -2.28. The summed E-state index contributed by atoms with van der Waals surface area (Å²) in [5.41, 5.74) is 0. The third kappa shape index (κ3) is 18.3. The number of carbonyl (C=O) groups is 1. The number of carboxylic acid groups (broad SMARTS) is 1. The van der Waals surface area contributed by atoms with Crippen LogP contribution in [0.15, 0.2) is 0 Å². The van der Waals surface area contributed by atoms with E-state index < -0.39 is 5.97 Å². The van der Waals surface area contributed by atoms with E-state index in [9.17, 15) is 4.79 Å². The predicted molar refractivity (Wildman–Crippen MR) is 228 cm³/mol. The quantitative estimate of drug-likeness (QED) is 0.110. The first-order chi connectivity index (χ1) is 14.8. The van der Waals surface area contributed by atoms with Crippen LogP contribution < -0.4 is 0 Å². The number of alkyl halides is 10. The summed E-state index contributed by atoms with van der Waals surface area (Å²) in [6, 6.07) is 0. The van der Waals surface area contributed by atoms with E-state index in [1.807, 2.05) is 0 Å². The van der Waals surface area contributed by atoms with Crippen LogP contribution in [0.3, 0.4) is 0 Å². The number of hydrogen-bond acceptors (Lipinski definition) is 1. The largest absolute Gasteiger partial charge is 0.481 e. The Morgan fingerprint density at radius 2 is 0.844 bits per heavy atom. The molecule has 0 fully saturated rings. The Kier molecular flexibility index (Phi) is 27.1. The Hall–Kier alpha value is 6.77. The molecule has 32 heavy (non-hydrogen) atoms. The van der Waals surface area contributed by atoms with Gasteiger partial charge in [0, 0.05) is 45.7 Å². The van der Waals surface area contributed by atoms with Gasteiger partial charge in [-0.05, 0) is 44.9 Å². The monoisotopic (exact) mass is 1570 g/mol. The Morgan fingerprint density at radius 3 is 1.12 bits per heavy atom. The Labute approximate surface area is 331 Å². The van der Waals surface area contributed by atoms with Gasteiger partial charge in [0.25, 0.3) is 0 Å². The van der Waals surface area contributed by atoms with E-state index in [1.165, 1.54) is 32.1 Å². The zero-order chi connectivity index (χ0) is 25.0. The van der Waals surface area contributed by atoms with Gasteiger partial charge in [-0.1, -0.05) is 233 Å². The molecule has 0 rings (SSSR count). The lowest BCUT2D eigenvalue weighted by Crippen LogP contribution is -2.30. The van der Waals surface area contributed by atoms with Gasteiger partial charge in [0.05, 0.1) is 0 Å². The maximum absolute atomic E-state index is 10.8. The van der Waals surface area contributed by atoms with Crippen LogP contribution in [0, 0.1) is 0 Å². The number of aliphatic carboxylic acids is 1. The van der Waals surface area contributed by atoms with Gasteiger partial charge in [0.2, 0.25) is 0 Å². The summed E-state index contributed by atoms with van der Waals surface area (Å²) in [6.07, 6.45) is 8.45. The van der Waals surface area contributed by atoms with Crippen molar-refractivity contribution in [3.05, 3.63) is 0 Å². The van der Waals surface area contributed by atoms with Crippen molar-refractivity contribution in [2.75, 3.05) is 0 Å². The highest BCUT2D eigenvalue weighted by molar-refractivity contribution is 14.1. The first-order valence-electron chi connectivity index (χ1n) is 10.4. The van der Waals surface area contributed by atoms with Crippen LogP contribution in [0.4, 0.5) is 0 Å². The Bertz CT molecular complexity index is 515. The maximum Gasteiger partial charge on any atom is 0.303 e. The number of rotatable bonds is 18. The van der Waals surface area contributed by atoms with Gasteiger partial charge < -0.3 is 5.11 Å². The van der Waals surface area contributed by atoms with E-state index in [0.717, 1.165) is 28.5 Å². The molecule has 1 N–H and O–H groups in total. The van der Waals surface area contributed by atoms with Crippen LogP contribution in [-0.2, 0) is 4.79 Å². The Balaban J connectivity index is 4.47. The molecule has 2 nitrogen and oxygen atoms in total. The van der Waals surface area contributed by atoms with E-state index in [-0.39, 0.29) is 0 Å². The second-order valence-corrected chi connectivity index (χ2v) is 23.8. The molecule has 12 heteroatoms. The fourth-order valence-corrected chi connectivity index (χ4v) is 14.9. The lowest BCUT2D eigenvalue weighted by molar-refractivity contribution is -0.137. The van der Waals surface area contributed by atoms with Crippen molar-refractivity contribution in [1.82, 2.24) is 0 Å². The second-order valence-electron chi connectivity index (χ2n) is 7.80. The SMILES string of the molecule is CCC(I)C(I)CC(I)C(I)CC(I)C(I)CC(I)C(I)CC(I)C(I)CCCC(=O)O. The molecule has 0 aromatic carbocycles. The van der Waals surface area contributed by atoms with E-state index in [4.69, 9.17) is 5.11 Å². The summed E-state index contributed by atoms with van der Waals surface area (Å²) in [4.78, 5) is 10.8. The van der Waals surface area contributed by atoms with Crippen molar-refractivity contribution in [3.8, 4) is 0 Å². The third-order valence-electron chi connectivity index (χ3n) is 5.02. The molecule has 10 unspecified atom stereocenters. The van der Waals surface area contributed by atoms with Gasteiger partial charge in [-0.3, -0.25) is 4.79 Å². The van der Waals surface area contributed by atoms with Gasteiger partial charge in [0.1, 0.15) is 0 Å². The molecule has 0 aliphatic carbocycles. The summed E-state index contributed by atoms with van der Waals surface area (Å²) in [7, 11) is 0. The Morgan fingerprint density at radius 1 is 0.562 bits per heavy atom.